The minimum absolute atomic E-state index is 0.759. The van der Waals surface area contributed by atoms with Crippen molar-refractivity contribution in [2.24, 2.45) is 0 Å². The van der Waals surface area contributed by atoms with E-state index in [1.807, 2.05) is 13.0 Å². The van der Waals surface area contributed by atoms with Gasteiger partial charge < -0.3 is 15.4 Å². The van der Waals surface area contributed by atoms with E-state index in [0.29, 0.717) is 0 Å². The second kappa shape index (κ2) is 4.01. The first kappa shape index (κ1) is 10.1. The van der Waals surface area contributed by atoms with Crippen LogP contribution in [0.5, 0.6) is 5.75 Å². The molecule has 2 rings (SSSR count). The predicted octanol–water partition coefficient (Wildman–Crippen LogP) is 2.19. The Kier molecular flexibility index (Phi) is 2.71. The Hall–Kier alpha value is -1.38. The first-order valence-electron chi connectivity index (χ1n) is 5.50. The smallest absolute Gasteiger partial charge is 0.144 e. The number of benzene rings is 1. The van der Waals surface area contributed by atoms with E-state index in [0.717, 1.165) is 43.1 Å². The Morgan fingerprint density at radius 2 is 2.27 bits per heavy atom. The standard InChI is InChI=1S/C12H18N2O/c1-3-4-14-5-6-15-12-8-10(13)9(2)7-11(12)14/h7-8H,3-6,13H2,1-2H3. The van der Waals surface area contributed by atoms with Crippen LogP contribution in [0.4, 0.5) is 11.4 Å². The van der Waals surface area contributed by atoms with Crippen LogP contribution < -0.4 is 15.4 Å². The molecule has 3 heteroatoms. The van der Waals surface area contributed by atoms with Crippen molar-refractivity contribution in [2.45, 2.75) is 20.3 Å². The second-order valence-electron chi connectivity index (χ2n) is 4.01. The third kappa shape index (κ3) is 1.87. The van der Waals surface area contributed by atoms with E-state index in [1.165, 1.54) is 5.69 Å². The summed E-state index contributed by atoms with van der Waals surface area (Å²) in [5, 5.41) is 0. The lowest BCUT2D eigenvalue weighted by Crippen LogP contribution is -2.33. The lowest BCUT2D eigenvalue weighted by Gasteiger charge is -2.31. The van der Waals surface area contributed by atoms with Gasteiger partial charge in [-0.05, 0) is 25.0 Å². The summed E-state index contributed by atoms with van der Waals surface area (Å²) < 4.78 is 5.61. The molecule has 0 saturated carbocycles. The molecule has 0 amide bonds. The Labute approximate surface area is 90.8 Å². The highest BCUT2D eigenvalue weighted by Gasteiger charge is 2.18. The lowest BCUT2D eigenvalue weighted by molar-refractivity contribution is 0.307. The average Bonchev–Trinajstić information content (AvgIpc) is 2.21. The molecule has 1 aromatic rings. The van der Waals surface area contributed by atoms with Gasteiger partial charge in [0.1, 0.15) is 12.4 Å². The van der Waals surface area contributed by atoms with Gasteiger partial charge in [0.05, 0.1) is 12.2 Å². The topological polar surface area (TPSA) is 38.5 Å². The number of aryl methyl sites for hydroxylation is 1. The van der Waals surface area contributed by atoms with Crippen LogP contribution in [0.2, 0.25) is 0 Å². The van der Waals surface area contributed by atoms with Crippen LogP contribution in [-0.2, 0) is 0 Å². The van der Waals surface area contributed by atoms with Gasteiger partial charge in [0.2, 0.25) is 0 Å². The highest BCUT2D eigenvalue weighted by atomic mass is 16.5. The molecule has 0 fully saturated rings. The van der Waals surface area contributed by atoms with Gasteiger partial charge >= 0.3 is 0 Å². The highest BCUT2D eigenvalue weighted by Crippen LogP contribution is 2.35. The predicted molar refractivity (Wildman–Crippen MR) is 63.6 cm³/mol. The van der Waals surface area contributed by atoms with E-state index in [4.69, 9.17) is 10.5 Å². The molecule has 0 aliphatic carbocycles. The number of nitrogens with zero attached hydrogens (tertiary/aromatic N) is 1. The van der Waals surface area contributed by atoms with E-state index in [9.17, 15) is 0 Å². The van der Waals surface area contributed by atoms with Crippen LogP contribution >= 0.6 is 0 Å². The normalized spacial score (nSPS) is 14.7. The van der Waals surface area contributed by atoms with Gasteiger partial charge in [-0.15, -0.1) is 0 Å². The Balaban J connectivity index is 2.38. The largest absolute Gasteiger partial charge is 0.489 e. The number of rotatable bonds is 2. The summed E-state index contributed by atoms with van der Waals surface area (Å²) in [6.07, 6.45) is 1.16. The van der Waals surface area contributed by atoms with Crippen LogP contribution in [0, 0.1) is 6.92 Å². The molecule has 0 unspecified atom stereocenters. The summed E-state index contributed by atoms with van der Waals surface area (Å²) >= 11 is 0. The number of hydrogen-bond acceptors (Lipinski definition) is 3. The van der Waals surface area contributed by atoms with Crippen molar-refractivity contribution in [3.63, 3.8) is 0 Å². The SMILES string of the molecule is CCCN1CCOc2cc(N)c(C)cc21. The molecule has 82 valence electrons. The average molecular weight is 206 g/mol. The summed E-state index contributed by atoms with van der Waals surface area (Å²) in [4.78, 5) is 2.37. The zero-order chi connectivity index (χ0) is 10.8. The highest BCUT2D eigenvalue weighted by molar-refractivity contribution is 5.68. The molecular weight excluding hydrogens is 188 g/mol. The maximum atomic E-state index is 5.86. The molecule has 0 atom stereocenters. The van der Waals surface area contributed by atoms with Crippen LogP contribution in [0.25, 0.3) is 0 Å². The van der Waals surface area contributed by atoms with Gasteiger partial charge in [-0.1, -0.05) is 6.92 Å². The maximum Gasteiger partial charge on any atom is 0.144 e. The molecule has 15 heavy (non-hydrogen) atoms. The van der Waals surface area contributed by atoms with Gasteiger partial charge in [0.15, 0.2) is 0 Å². The zero-order valence-electron chi connectivity index (χ0n) is 9.42. The van der Waals surface area contributed by atoms with Crippen LogP contribution in [0.1, 0.15) is 18.9 Å². The lowest BCUT2D eigenvalue weighted by atomic mass is 10.1. The summed E-state index contributed by atoms with van der Waals surface area (Å²) in [6, 6.07) is 4.06. The molecular formula is C12H18N2O. The molecule has 3 nitrogen and oxygen atoms in total. The zero-order valence-corrected chi connectivity index (χ0v) is 9.42. The molecule has 1 heterocycles. The second-order valence-corrected chi connectivity index (χ2v) is 4.01. The minimum Gasteiger partial charge on any atom is -0.489 e. The summed E-state index contributed by atoms with van der Waals surface area (Å²) in [5.41, 5.74) is 8.99. The van der Waals surface area contributed by atoms with Crippen molar-refractivity contribution >= 4 is 11.4 Å². The summed E-state index contributed by atoms with van der Waals surface area (Å²) in [7, 11) is 0. The first-order valence-corrected chi connectivity index (χ1v) is 5.50. The van der Waals surface area contributed by atoms with E-state index < -0.39 is 0 Å². The van der Waals surface area contributed by atoms with Gasteiger partial charge in [-0.25, -0.2) is 0 Å². The Morgan fingerprint density at radius 1 is 1.47 bits per heavy atom. The molecule has 1 aromatic carbocycles. The monoisotopic (exact) mass is 206 g/mol. The quantitative estimate of drug-likeness (QED) is 0.754. The first-order chi connectivity index (χ1) is 7.22. The minimum atomic E-state index is 0.759. The van der Waals surface area contributed by atoms with Crippen molar-refractivity contribution in [3.05, 3.63) is 17.7 Å². The van der Waals surface area contributed by atoms with Gasteiger partial charge in [-0.3, -0.25) is 0 Å². The molecule has 0 aromatic heterocycles. The van der Waals surface area contributed by atoms with E-state index in [-0.39, 0.29) is 0 Å². The third-order valence-electron chi connectivity index (χ3n) is 2.80. The fourth-order valence-electron chi connectivity index (χ4n) is 1.94. The third-order valence-corrected chi connectivity index (χ3v) is 2.80. The summed E-state index contributed by atoms with van der Waals surface area (Å²) in [6.45, 7) is 7.05. The van der Waals surface area contributed by atoms with Crippen LogP contribution in [0.3, 0.4) is 0 Å². The van der Waals surface area contributed by atoms with Crippen molar-refractivity contribution in [2.75, 3.05) is 30.3 Å². The number of anilines is 2. The van der Waals surface area contributed by atoms with Crippen LogP contribution in [-0.4, -0.2) is 19.7 Å². The van der Waals surface area contributed by atoms with Crippen LogP contribution in [0.15, 0.2) is 12.1 Å². The van der Waals surface area contributed by atoms with Gasteiger partial charge in [0, 0.05) is 18.3 Å². The maximum absolute atomic E-state index is 5.86. The molecule has 1 aliphatic rings. The Bertz CT molecular complexity index is 363. The fraction of sp³-hybridized carbons (Fsp3) is 0.500. The number of fused-ring (bicyclic) bond motifs is 1. The van der Waals surface area contributed by atoms with Crippen molar-refractivity contribution in [1.29, 1.82) is 0 Å². The van der Waals surface area contributed by atoms with Gasteiger partial charge in [0.25, 0.3) is 0 Å². The fourth-order valence-corrected chi connectivity index (χ4v) is 1.94. The van der Waals surface area contributed by atoms with Crippen molar-refractivity contribution in [3.8, 4) is 5.75 Å². The van der Waals surface area contributed by atoms with Gasteiger partial charge in [-0.2, -0.15) is 0 Å². The van der Waals surface area contributed by atoms with E-state index in [2.05, 4.69) is 17.9 Å². The molecule has 1 aliphatic heterocycles. The summed E-state index contributed by atoms with van der Waals surface area (Å²) in [5.74, 6) is 0.929. The molecule has 2 N–H and O–H groups in total. The van der Waals surface area contributed by atoms with Crippen molar-refractivity contribution in [1.82, 2.24) is 0 Å². The molecule has 0 radical (unpaired) electrons. The van der Waals surface area contributed by atoms with Crippen molar-refractivity contribution < 1.29 is 4.74 Å². The molecule has 0 bridgehead atoms. The number of nitrogens with two attached hydrogens (primary N) is 1. The molecule has 0 spiro atoms. The number of nitrogen functional groups attached to an aromatic ring is 1. The number of hydrogen-bond donors (Lipinski definition) is 1. The Morgan fingerprint density at radius 3 is 3.00 bits per heavy atom. The molecule has 0 saturated heterocycles. The van der Waals surface area contributed by atoms with E-state index >= 15 is 0 Å². The van der Waals surface area contributed by atoms with E-state index in [1.54, 1.807) is 0 Å². The number of ether oxygens (including phenoxy) is 1.